The van der Waals surface area contributed by atoms with Gasteiger partial charge in [-0.25, -0.2) is 4.79 Å². The molecule has 2 saturated heterocycles. The molecule has 6 nitrogen and oxygen atoms in total. The van der Waals surface area contributed by atoms with Gasteiger partial charge in [-0.3, -0.25) is 4.90 Å². The first-order valence-electron chi connectivity index (χ1n) is 9.35. The van der Waals surface area contributed by atoms with Crippen molar-refractivity contribution in [1.29, 1.82) is 0 Å². The van der Waals surface area contributed by atoms with E-state index in [1.165, 1.54) is 25.8 Å². The maximum Gasteiger partial charge on any atom is 0.317 e. The van der Waals surface area contributed by atoms with Crippen LogP contribution < -0.4 is 14.8 Å². The number of hydrogen-bond acceptors (Lipinski definition) is 4. The molecule has 3 aliphatic rings. The number of nitrogens with one attached hydrogen (secondary N) is 1. The number of piperidine rings is 1. The Kier molecular flexibility index (Phi) is 4.70. The van der Waals surface area contributed by atoms with E-state index >= 15 is 0 Å². The van der Waals surface area contributed by atoms with Gasteiger partial charge < -0.3 is 19.7 Å². The summed E-state index contributed by atoms with van der Waals surface area (Å²) in [5.74, 6) is 1.55. The van der Waals surface area contributed by atoms with Crippen molar-refractivity contribution in [3.63, 3.8) is 0 Å². The highest BCUT2D eigenvalue weighted by Crippen LogP contribution is 2.31. The van der Waals surface area contributed by atoms with E-state index in [4.69, 9.17) is 9.47 Å². The van der Waals surface area contributed by atoms with E-state index in [9.17, 15) is 4.79 Å². The molecule has 6 heteroatoms. The molecule has 3 heterocycles. The van der Waals surface area contributed by atoms with Crippen molar-refractivity contribution in [2.45, 2.75) is 44.3 Å². The summed E-state index contributed by atoms with van der Waals surface area (Å²) in [6.45, 7) is 4.02. The van der Waals surface area contributed by atoms with Gasteiger partial charge in [0.05, 0.1) is 0 Å². The number of ether oxygens (including phenoxy) is 2. The van der Waals surface area contributed by atoms with Gasteiger partial charge in [0.2, 0.25) is 0 Å². The monoisotopic (exact) mass is 345 g/mol. The van der Waals surface area contributed by atoms with Gasteiger partial charge in [-0.05, 0) is 43.5 Å². The topological polar surface area (TPSA) is 54.0 Å². The molecule has 2 fully saturated rings. The summed E-state index contributed by atoms with van der Waals surface area (Å²) in [5.41, 5.74) is 1.05. The minimum Gasteiger partial charge on any atom is -0.486 e. The lowest BCUT2D eigenvalue weighted by atomic mass is 9.99. The van der Waals surface area contributed by atoms with Gasteiger partial charge in [-0.1, -0.05) is 12.5 Å². The van der Waals surface area contributed by atoms with Crippen molar-refractivity contribution >= 4 is 6.03 Å². The predicted octanol–water partition coefficient (Wildman–Crippen LogP) is 2.23. The number of fused-ring (bicyclic) bond motifs is 2. The summed E-state index contributed by atoms with van der Waals surface area (Å²) in [6, 6.07) is 6.71. The Hall–Kier alpha value is -1.95. The number of urea groups is 1. The van der Waals surface area contributed by atoms with Crippen LogP contribution in [0, 0.1) is 0 Å². The van der Waals surface area contributed by atoms with Crippen LogP contribution in [0.2, 0.25) is 0 Å². The van der Waals surface area contributed by atoms with Gasteiger partial charge in [0.15, 0.2) is 11.5 Å². The fourth-order valence-electron chi connectivity index (χ4n) is 4.22. The number of hydrogen-bond donors (Lipinski definition) is 1. The molecule has 2 atom stereocenters. The Labute approximate surface area is 149 Å². The Balaban J connectivity index is 1.34. The zero-order valence-electron chi connectivity index (χ0n) is 14.9. The molecule has 0 saturated carbocycles. The molecule has 136 valence electrons. The van der Waals surface area contributed by atoms with Crippen molar-refractivity contribution in [3.05, 3.63) is 23.8 Å². The lowest BCUT2D eigenvalue weighted by Crippen LogP contribution is -2.49. The summed E-state index contributed by atoms with van der Waals surface area (Å²) in [5, 5.41) is 3.25. The molecule has 0 aromatic heterocycles. The second-order valence-corrected chi connectivity index (χ2v) is 7.28. The highest BCUT2D eigenvalue weighted by molar-refractivity contribution is 5.74. The van der Waals surface area contributed by atoms with Crippen LogP contribution >= 0.6 is 0 Å². The Bertz CT molecular complexity index is 636. The highest BCUT2D eigenvalue weighted by Gasteiger charge is 2.36. The van der Waals surface area contributed by atoms with E-state index in [1.54, 1.807) is 4.90 Å². The molecule has 25 heavy (non-hydrogen) atoms. The molecule has 0 aliphatic carbocycles. The maximum atomic E-state index is 12.6. The fourth-order valence-corrected chi connectivity index (χ4v) is 4.22. The van der Waals surface area contributed by atoms with Crippen molar-refractivity contribution in [2.24, 2.45) is 0 Å². The maximum absolute atomic E-state index is 12.6. The predicted molar refractivity (Wildman–Crippen MR) is 95.0 cm³/mol. The minimum absolute atomic E-state index is 0.00677. The zero-order valence-corrected chi connectivity index (χ0v) is 14.9. The largest absolute Gasteiger partial charge is 0.486 e. The molecule has 1 aromatic rings. The van der Waals surface area contributed by atoms with Gasteiger partial charge in [0.1, 0.15) is 13.2 Å². The highest BCUT2D eigenvalue weighted by atomic mass is 16.6. The third-order valence-corrected chi connectivity index (χ3v) is 5.54. The standard InChI is InChI=1S/C19H27N3O3/c1-21(13-14-5-6-17-18(12-14)25-11-10-24-17)19(23)20-15-7-9-22-8-3-2-4-16(15)22/h5-6,12,15-16H,2-4,7-11,13H2,1H3,(H,20,23)/t15-,16+/m0/s1. The van der Waals surface area contributed by atoms with Gasteiger partial charge in [-0.15, -0.1) is 0 Å². The van der Waals surface area contributed by atoms with Gasteiger partial charge in [0, 0.05) is 32.2 Å². The quantitative estimate of drug-likeness (QED) is 0.913. The van der Waals surface area contributed by atoms with Gasteiger partial charge >= 0.3 is 6.03 Å². The molecule has 4 rings (SSSR count). The number of rotatable bonds is 3. The number of carbonyl (C=O) groups excluding carboxylic acids is 1. The molecular weight excluding hydrogens is 318 g/mol. The number of nitrogens with zero attached hydrogens (tertiary/aromatic N) is 2. The van der Waals surface area contributed by atoms with Crippen molar-refractivity contribution in [1.82, 2.24) is 15.1 Å². The van der Waals surface area contributed by atoms with E-state index in [1.807, 2.05) is 25.2 Å². The Morgan fingerprint density at radius 1 is 1.20 bits per heavy atom. The van der Waals surface area contributed by atoms with Crippen LogP contribution in [0.4, 0.5) is 4.79 Å². The summed E-state index contributed by atoms with van der Waals surface area (Å²) in [6.07, 6.45) is 4.84. The molecule has 2 amide bonds. The lowest BCUT2D eigenvalue weighted by molar-refractivity contribution is 0.169. The molecule has 0 bridgehead atoms. The van der Waals surface area contributed by atoms with E-state index in [2.05, 4.69) is 10.2 Å². The number of amides is 2. The molecule has 0 unspecified atom stereocenters. The smallest absolute Gasteiger partial charge is 0.317 e. The molecule has 1 aromatic carbocycles. The Morgan fingerprint density at radius 2 is 2.04 bits per heavy atom. The van der Waals surface area contributed by atoms with E-state index in [0.717, 1.165) is 30.0 Å². The van der Waals surface area contributed by atoms with Gasteiger partial charge in [-0.2, -0.15) is 0 Å². The van der Waals surface area contributed by atoms with Gasteiger partial charge in [0.25, 0.3) is 0 Å². The van der Waals surface area contributed by atoms with Crippen LogP contribution in [0.1, 0.15) is 31.2 Å². The third kappa shape index (κ3) is 3.54. The first-order chi connectivity index (χ1) is 12.2. The summed E-state index contributed by atoms with van der Waals surface area (Å²) in [7, 11) is 1.85. The van der Waals surface area contributed by atoms with Crippen molar-refractivity contribution in [3.8, 4) is 11.5 Å². The zero-order chi connectivity index (χ0) is 17.2. The van der Waals surface area contributed by atoms with Crippen LogP contribution in [0.25, 0.3) is 0 Å². The fraction of sp³-hybridized carbons (Fsp3) is 0.632. The van der Waals surface area contributed by atoms with Crippen LogP contribution in [-0.4, -0.2) is 61.3 Å². The second-order valence-electron chi connectivity index (χ2n) is 7.28. The third-order valence-electron chi connectivity index (χ3n) is 5.54. The van der Waals surface area contributed by atoms with Crippen molar-refractivity contribution in [2.75, 3.05) is 33.4 Å². The molecule has 1 N–H and O–H groups in total. The Morgan fingerprint density at radius 3 is 2.92 bits per heavy atom. The minimum atomic E-state index is 0.00677. The van der Waals surface area contributed by atoms with Crippen molar-refractivity contribution < 1.29 is 14.3 Å². The molecule has 0 radical (unpaired) electrons. The van der Waals surface area contributed by atoms with Crippen LogP contribution in [0.3, 0.4) is 0 Å². The average molecular weight is 345 g/mol. The molecule has 0 spiro atoms. The van der Waals surface area contributed by atoms with E-state index in [0.29, 0.717) is 25.8 Å². The normalized spacial score (nSPS) is 25.3. The number of benzene rings is 1. The van der Waals surface area contributed by atoms with Crippen LogP contribution in [0.5, 0.6) is 11.5 Å². The summed E-state index contributed by atoms with van der Waals surface area (Å²) >= 11 is 0. The molecular formula is C19H27N3O3. The lowest BCUT2D eigenvalue weighted by Gasteiger charge is -2.33. The van der Waals surface area contributed by atoms with Crippen LogP contribution in [-0.2, 0) is 6.54 Å². The first kappa shape index (κ1) is 16.5. The summed E-state index contributed by atoms with van der Waals surface area (Å²) in [4.78, 5) is 16.9. The number of carbonyl (C=O) groups is 1. The molecule has 3 aliphatic heterocycles. The van der Waals surface area contributed by atoms with E-state index in [-0.39, 0.29) is 12.1 Å². The van der Waals surface area contributed by atoms with Crippen LogP contribution in [0.15, 0.2) is 18.2 Å². The van der Waals surface area contributed by atoms with E-state index < -0.39 is 0 Å². The first-order valence-corrected chi connectivity index (χ1v) is 9.35. The SMILES string of the molecule is CN(Cc1ccc2c(c1)OCCO2)C(=O)N[C@H]1CCN2CCCC[C@H]12. The average Bonchev–Trinajstić information content (AvgIpc) is 3.04. The second kappa shape index (κ2) is 7.12. The summed E-state index contributed by atoms with van der Waals surface area (Å²) < 4.78 is 11.2.